The van der Waals surface area contributed by atoms with Gasteiger partial charge < -0.3 is 9.88 Å². The lowest BCUT2D eigenvalue weighted by molar-refractivity contribution is -0.121. The van der Waals surface area contributed by atoms with E-state index in [0.29, 0.717) is 37.1 Å². The van der Waals surface area contributed by atoms with Crippen molar-refractivity contribution in [3.8, 4) is 0 Å². The molecule has 0 fully saturated rings. The predicted octanol–water partition coefficient (Wildman–Crippen LogP) is 0.480. The average Bonchev–Trinajstić information content (AvgIpc) is 3.26. The summed E-state index contributed by atoms with van der Waals surface area (Å²) in [6.45, 7) is 7.87. The first kappa shape index (κ1) is 21.5. The fourth-order valence-electron chi connectivity index (χ4n) is 3.57. The second-order valence-electron chi connectivity index (χ2n) is 7.94. The summed E-state index contributed by atoms with van der Waals surface area (Å²) in [6, 6.07) is 2.04. The van der Waals surface area contributed by atoms with Gasteiger partial charge in [0.2, 0.25) is 5.91 Å². The summed E-state index contributed by atoms with van der Waals surface area (Å²) in [7, 11) is 3.03. The highest BCUT2D eigenvalue weighted by Gasteiger charge is 2.14. The van der Waals surface area contributed by atoms with Crippen LogP contribution in [0.15, 0.2) is 22.0 Å². The second-order valence-corrected chi connectivity index (χ2v) is 7.94. The first-order valence-corrected chi connectivity index (χ1v) is 10.1. The van der Waals surface area contributed by atoms with Crippen molar-refractivity contribution in [1.29, 1.82) is 0 Å². The number of imidazole rings is 1. The van der Waals surface area contributed by atoms with Gasteiger partial charge in [-0.05, 0) is 32.3 Å². The minimum atomic E-state index is -0.410. The Morgan fingerprint density at radius 1 is 1.20 bits per heavy atom. The molecule has 0 saturated carbocycles. The van der Waals surface area contributed by atoms with E-state index in [4.69, 9.17) is 0 Å². The van der Waals surface area contributed by atoms with E-state index in [1.807, 2.05) is 24.6 Å². The number of nitrogens with one attached hydrogen (secondary N) is 1. The molecular formula is C20H29N7O3. The molecule has 1 atom stereocenters. The van der Waals surface area contributed by atoms with Crippen molar-refractivity contribution in [2.75, 3.05) is 6.54 Å². The van der Waals surface area contributed by atoms with Gasteiger partial charge >= 0.3 is 5.69 Å². The first-order chi connectivity index (χ1) is 14.2. The van der Waals surface area contributed by atoms with Crippen molar-refractivity contribution >= 4 is 17.1 Å². The summed E-state index contributed by atoms with van der Waals surface area (Å²) in [5.74, 6) is 0.230. The molecule has 3 aromatic heterocycles. The van der Waals surface area contributed by atoms with E-state index in [-0.39, 0.29) is 17.4 Å². The number of aromatic nitrogens is 6. The van der Waals surface area contributed by atoms with E-state index in [0.717, 1.165) is 22.5 Å². The van der Waals surface area contributed by atoms with Crippen LogP contribution in [0.1, 0.15) is 31.2 Å². The van der Waals surface area contributed by atoms with E-state index in [9.17, 15) is 14.4 Å². The van der Waals surface area contributed by atoms with Crippen molar-refractivity contribution in [3.63, 3.8) is 0 Å². The highest BCUT2D eigenvalue weighted by molar-refractivity contribution is 5.75. The Hall–Kier alpha value is -3.17. The third kappa shape index (κ3) is 4.37. The minimum absolute atomic E-state index is 0.0278. The van der Waals surface area contributed by atoms with E-state index in [1.54, 1.807) is 17.9 Å². The Morgan fingerprint density at radius 3 is 2.60 bits per heavy atom. The molecule has 0 unspecified atom stereocenters. The van der Waals surface area contributed by atoms with E-state index in [1.165, 1.54) is 11.6 Å². The van der Waals surface area contributed by atoms with Crippen LogP contribution in [0.5, 0.6) is 0 Å². The molecule has 30 heavy (non-hydrogen) atoms. The lowest BCUT2D eigenvalue weighted by Crippen LogP contribution is -2.37. The van der Waals surface area contributed by atoms with E-state index in [2.05, 4.69) is 22.3 Å². The van der Waals surface area contributed by atoms with Crippen LogP contribution < -0.4 is 16.6 Å². The van der Waals surface area contributed by atoms with Crippen LogP contribution in [0.25, 0.3) is 11.2 Å². The van der Waals surface area contributed by atoms with Gasteiger partial charge in [0, 0.05) is 45.8 Å². The maximum absolute atomic E-state index is 12.4. The SMILES string of the molecule is Cc1cc(C)n(C[C@@H](C)CNC(=O)CCCn2cnc3c2c(=O)n(C)c(=O)n3C)n1. The molecule has 0 bridgehead atoms. The Bertz CT molecular complexity index is 1180. The Labute approximate surface area is 174 Å². The number of rotatable bonds is 8. The molecule has 0 aliphatic rings. The summed E-state index contributed by atoms with van der Waals surface area (Å²) >= 11 is 0. The lowest BCUT2D eigenvalue weighted by atomic mass is 10.1. The standard InChI is InChI=1S/C20H29N7O3/c1-13(11-27-15(3)9-14(2)23-27)10-21-16(28)7-6-8-26-12-22-18-17(26)19(29)25(5)20(30)24(18)4/h9,12-13H,6-8,10-11H2,1-5H3,(H,21,28)/t13-/m0/s1. The van der Waals surface area contributed by atoms with Gasteiger partial charge in [-0.2, -0.15) is 5.10 Å². The van der Waals surface area contributed by atoms with Gasteiger partial charge in [-0.15, -0.1) is 0 Å². The molecular weight excluding hydrogens is 386 g/mol. The van der Waals surface area contributed by atoms with E-state index >= 15 is 0 Å². The third-order valence-electron chi connectivity index (χ3n) is 5.26. The number of carbonyl (C=O) groups excluding carboxylic acids is 1. The Morgan fingerprint density at radius 2 is 1.93 bits per heavy atom. The maximum Gasteiger partial charge on any atom is 0.332 e. The van der Waals surface area contributed by atoms with Crippen molar-refractivity contribution in [3.05, 3.63) is 44.6 Å². The summed E-state index contributed by atoms with van der Waals surface area (Å²) in [6.07, 6.45) is 2.45. The fourth-order valence-corrected chi connectivity index (χ4v) is 3.57. The van der Waals surface area contributed by atoms with Crippen molar-refractivity contribution < 1.29 is 4.79 Å². The molecule has 3 heterocycles. The molecule has 0 spiro atoms. The number of amides is 1. The van der Waals surface area contributed by atoms with Crippen LogP contribution in [0.4, 0.5) is 0 Å². The fraction of sp³-hybridized carbons (Fsp3) is 0.550. The van der Waals surface area contributed by atoms with Gasteiger partial charge in [0.1, 0.15) is 0 Å². The van der Waals surface area contributed by atoms with Crippen LogP contribution in [-0.2, 0) is 32.0 Å². The Kier molecular flexibility index (Phi) is 6.23. The average molecular weight is 415 g/mol. The molecule has 0 aromatic carbocycles. The number of aryl methyl sites for hydroxylation is 4. The molecule has 10 heteroatoms. The highest BCUT2D eigenvalue weighted by Crippen LogP contribution is 2.08. The summed E-state index contributed by atoms with van der Waals surface area (Å²) in [4.78, 5) is 40.8. The zero-order valence-electron chi connectivity index (χ0n) is 18.2. The zero-order chi connectivity index (χ0) is 22.0. The number of fused-ring (bicyclic) bond motifs is 1. The molecule has 3 aromatic rings. The van der Waals surface area contributed by atoms with Gasteiger partial charge in [0.05, 0.1) is 12.0 Å². The number of hydrogen-bond acceptors (Lipinski definition) is 5. The van der Waals surface area contributed by atoms with Gasteiger partial charge in [-0.1, -0.05) is 6.92 Å². The molecule has 3 rings (SSSR count). The van der Waals surface area contributed by atoms with Gasteiger partial charge in [0.15, 0.2) is 11.2 Å². The third-order valence-corrected chi connectivity index (χ3v) is 5.26. The normalized spacial score (nSPS) is 12.4. The van der Waals surface area contributed by atoms with Crippen molar-refractivity contribution in [2.24, 2.45) is 20.0 Å². The molecule has 0 aliphatic carbocycles. The maximum atomic E-state index is 12.4. The molecule has 0 radical (unpaired) electrons. The smallest absolute Gasteiger partial charge is 0.332 e. The van der Waals surface area contributed by atoms with Crippen LogP contribution in [0, 0.1) is 19.8 Å². The Balaban J connectivity index is 1.52. The highest BCUT2D eigenvalue weighted by atomic mass is 16.2. The molecule has 0 saturated heterocycles. The largest absolute Gasteiger partial charge is 0.356 e. The monoisotopic (exact) mass is 415 g/mol. The topological polar surface area (TPSA) is 109 Å². The molecule has 0 aliphatic heterocycles. The second kappa shape index (κ2) is 8.68. The number of hydrogen-bond donors (Lipinski definition) is 1. The molecule has 1 amide bonds. The predicted molar refractivity (Wildman–Crippen MR) is 113 cm³/mol. The minimum Gasteiger partial charge on any atom is -0.356 e. The first-order valence-electron chi connectivity index (χ1n) is 10.1. The number of carbonyl (C=O) groups is 1. The zero-order valence-corrected chi connectivity index (χ0v) is 18.2. The summed E-state index contributed by atoms with van der Waals surface area (Å²) in [5, 5.41) is 7.42. The van der Waals surface area contributed by atoms with Crippen LogP contribution in [0.2, 0.25) is 0 Å². The van der Waals surface area contributed by atoms with Gasteiger partial charge in [-0.3, -0.25) is 23.4 Å². The number of nitrogens with zero attached hydrogens (tertiary/aromatic N) is 6. The summed E-state index contributed by atoms with van der Waals surface area (Å²) in [5.41, 5.74) is 2.04. The molecule has 10 nitrogen and oxygen atoms in total. The van der Waals surface area contributed by atoms with Crippen molar-refractivity contribution in [1.82, 2.24) is 33.8 Å². The summed E-state index contributed by atoms with van der Waals surface area (Å²) < 4.78 is 6.08. The van der Waals surface area contributed by atoms with Gasteiger partial charge in [0.25, 0.3) is 5.56 Å². The molecule has 162 valence electrons. The van der Waals surface area contributed by atoms with Gasteiger partial charge in [-0.25, -0.2) is 9.78 Å². The van der Waals surface area contributed by atoms with Crippen molar-refractivity contribution in [2.45, 2.75) is 46.7 Å². The van der Waals surface area contributed by atoms with E-state index < -0.39 is 5.69 Å². The lowest BCUT2D eigenvalue weighted by Gasteiger charge is -2.14. The molecule has 1 N–H and O–H groups in total. The van der Waals surface area contributed by atoms with Crippen LogP contribution in [-0.4, -0.2) is 40.9 Å². The van der Waals surface area contributed by atoms with Crippen LogP contribution >= 0.6 is 0 Å². The quantitative estimate of drug-likeness (QED) is 0.576. The van der Waals surface area contributed by atoms with Crippen LogP contribution in [0.3, 0.4) is 0 Å².